The van der Waals surface area contributed by atoms with Crippen molar-refractivity contribution in [2.45, 2.75) is 52.2 Å². The van der Waals surface area contributed by atoms with Gasteiger partial charge in [-0.1, -0.05) is 0 Å². The fourth-order valence-corrected chi connectivity index (χ4v) is 8.07. The summed E-state index contributed by atoms with van der Waals surface area (Å²) >= 11 is 3.33. The van der Waals surface area contributed by atoms with Crippen molar-refractivity contribution in [1.29, 1.82) is 0 Å². The zero-order valence-corrected chi connectivity index (χ0v) is 24.3. The third-order valence-corrected chi connectivity index (χ3v) is 9.91. The van der Waals surface area contributed by atoms with E-state index in [4.69, 9.17) is 11.6 Å². The van der Waals surface area contributed by atoms with Gasteiger partial charge >= 0.3 is 227 Å². The molecule has 2 aliphatic rings. The average molecular weight is 658 g/mol. The van der Waals surface area contributed by atoms with Gasteiger partial charge in [0.15, 0.2) is 0 Å². The molecule has 1 saturated carbocycles. The number of allylic oxidation sites excluding steroid dienone is 1. The Kier molecular flexibility index (Phi) is 8.02. The number of hydrogen-bond acceptors (Lipinski definition) is 5. The number of nitrogens with one attached hydrogen (secondary N) is 1. The van der Waals surface area contributed by atoms with Crippen molar-refractivity contribution in [2.24, 2.45) is 22.9 Å². The van der Waals surface area contributed by atoms with Gasteiger partial charge in [0.05, 0.1) is 0 Å². The van der Waals surface area contributed by atoms with Crippen molar-refractivity contribution in [3.05, 3.63) is 46.8 Å². The van der Waals surface area contributed by atoms with Gasteiger partial charge in [-0.05, 0) is 0 Å². The van der Waals surface area contributed by atoms with Gasteiger partial charge < -0.3 is 0 Å². The Morgan fingerprint density at radius 1 is 1.31 bits per heavy atom. The first-order valence-corrected chi connectivity index (χ1v) is 15.8. The van der Waals surface area contributed by atoms with E-state index in [2.05, 4.69) is 37.9 Å². The number of benzene rings is 1. The number of carbonyl (C=O) groups is 2. The van der Waals surface area contributed by atoms with E-state index in [-0.39, 0.29) is 33.0 Å². The van der Waals surface area contributed by atoms with Crippen LogP contribution in [0.25, 0.3) is 10.9 Å². The molecule has 2 aromatic rings. The molecule has 1 aliphatic heterocycles. The Labute approximate surface area is 225 Å². The van der Waals surface area contributed by atoms with E-state index in [0.717, 1.165) is 38.3 Å². The molecule has 2 atom stereocenters. The Morgan fingerprint density at radius 3 is 2.74 bits per heavy atom. The van der Waals surface area contributed by atoms with E-state index >= 15 is 0 Å². The molecule has 35 heavy (non-hydrogen) atoms. The van der Waals surface area contributed by atoms with E-state index in [0.29, 0.717) is 23.6 Å². The molecule has 2 fully saturated rings. The predicted molar refractivity (Wildman–Crippen MR) is 137 cm³/mol. The van der Waals surface area contributed by atoms with E-state index < -0.39 is 17.5 Å². The summed E-state index contributed by atoms with van der Waals surface area (Å²) in [5.41, 5.74) is 7.60. The van der Waals surface area contributed by atoms with Crippen LogP contribution in [0.1, 0.15) is 33.6 Å². The van der Waals surface area contributed by atoms with Crippen LogP contribution in [0, 0.1) is 11.3 Å². The number of nitrogens with zero attached hydrogens (tertiary/aromatic N) is 3. The van der Waals surface area contributed by atoms with Crippen LogP contribution in [-0.4, -0.2) is 53.9 Å². The predicted octanol–water partition coefficient (Wildman–Crippen LogP) is -0.422. The quantitative estimate of drug-likeness (QED) is 0.118. The summed E-state index contributed by atoms with van der Waals surface area (Å²) in [5.74, 6) is 6.57. The molecule has 1 aromatic heterocycles. The van der Waals surface area contributed by atoms with E-state index in [1.807, 2.05) is 39.1 Å². The molecule has 2 heterocycles. The summed E-state index contributed by atoms with van der Waals surface area (Å²) in [6.45, 7) is 7.15. The van der Waals surface area contributed by atoms with Gasteiger partial charge in [0.1, 0.15) is 0 Å². The Morgan fingerprint density at radius 2 is 2.06 bits per heavy atom. The molecule has 4 rings (SSSR count). The second kappa shape index (κ2) is 10.7. The number of hydrazine groups is 1. The minimum atomic E-state index is -0.595. The van der Waals surface area contributed by atoms with Crippen LogP contribution in [0.2, 0.25) is 0 Å². The van der Waals surface area contributed by atoms with Gasteiger partial charge in [-0.3, -0.25) is 0 Å². The number of rotatable bonds is 8. The third kappa shape index (κ3) is 5.96. The van der Waals surface area contributed by atoms with Crippen molar-refractivity contribution >= 4 is 38.6 Å². The first-order chi connectivity index (χ1) is 16.6. The molecule has 1 saturated heterocycles. The molecule has 0 bridgehead atoms. The third-order valence-electron chi connectivity index (χ3n) is 6.54. The van der Waals surface area contributed by atoms with Crippen LogP contribution in [0.15, 0.2) is 46.8 Å². The molecule has 8 nitrogen and oxygen atoms in total. The normalized spacial score (nSPS) is 20.0. The van der Waals surface area contributed by atoms with Gasteiger partial charge in [0.25, 0.3) is 0 Å². The monoisotopic (exact) mass is 657 g/mol. The van der Waals surface area contributed by atoms with Crippen LogP contribution in [0.5, 0.6) is 0 Å². The van der Waals surface area contributed by atoms with Gasteiger partial charge in [-0.15, -0.1) is 0 Å². The molecular weight excluding hydrogens is 623 g/mol. The topological polar surface area (TPSA) is 110 Å². The molecule has 0 radical (unpaired) electrons. The number of amides is 2. The SMILES string of the molecule is CC(C)(C)[C@@H](C(=O)N1C[I-]C[C@H]1C(=O)NCCn1ccc2c(Br)cccc21)N(N)/C=C(\N)C1CC1. The van der Waals surface area contributed by atoms with Gasteiger partial charge in [0.2, 0.25) is 0 Å². The second-order valence-electron chi connectivity index (χ2n) is 10.4. The second-order valence-corrected chi connectivity index (χ2v) is 13.9. The molecule has 1 aromatic carbocycles. The first kappa shape index (κ1) is 26.3. The molecule has 10 heteroatoms. The summed E-state index contributed by atoms with van der Waals surface area (Å²) in [5, 5.41) is 5.68. The van der Waals surface area contributed by atoms with Gasteiger partial charge in [0, 0.05) is 0 Å². The fourth-order valence-electron chi connectivity index (χ4n) is 4.50. The molecule has 0 unspecified atom stereocenters. The molecule has 1 aliphatic carbocycles. The van der Waals surface area contributed by atoms with Crippen molar-refractivity contribution in [3.8, 4) is 0 Å². The van der Waals surface area contributed by atoms with Gasteiger partial charge in [-0.25, -0.2) is 0 Å². The molecule has 0 spiro atoms. The zero-order valence-electron chi connectivity index (χ0n) is 20.5. The van der Waals surface area contributed by atoms with Crippen LogP contribution >= 0.6 is 15.9 Å². The van der Waals surface area contributed by atoms with E-state index in [9.17, 15) is 9.59 Å². The first-order valence-electron chi connectivity index (χ1n) is 11.9. The van der Waals surface area contributed by atoms with Crippen molar-refractivity contribution in [2.75, 3.05) is 15.5 Å². The van der Waals surface area contributed by atoms with Crippen LogP contribution in [-0.2, 0) is 16.1 Å². The number of aromatic nitrogens is 1. The molecule has 192 valence electrons. The number of nitrogens with two attached hydrogens (primary N) is 2. The Hall–Kier alpha value is -1.79. The maximum atomic E-state index is 13.7. The summed E-state index contributed by atoms with van der Waals surface area (Å²) < 4.78 is 4.60. The van der Waals surface area contributed by atoms with Gasteiger partial charge in [-0.2, -0.15) is 0 Å². The van der Waals surface area contributed by atoms with Crippen LogP contribution in [0.3, 0.4) is 0 Å². The van der Waals surface area contributed by atoms with E-state index in [1.165, 1.54) is 5.01 Å². The average Bonchev–Trinajstić information content (AvgIpc) is 3.37. The molecule has 2 amide bonds. The van der Waals surface area contributed by atoms with E-state index in [1.54, 1.807) is 11.1 Å². The number of hydrogen-bond donors (Lipinski definition) is 3. The molecule has 5 N–H and O–H groups in total. The van der Waals surface area contributed by atoms with Crippen LogP contribution < -0.4 is 38.1 Å². The molecular formula is C25H35BrIN6O2-. The summed E-state index contributed by atoms with van der Waals surface area (Å²) in [7, 11) is 0. The number of alkyl halides is 2. The number of carbonyl (C=O) groups excluding carboxylic acids is 2. The standard InChI is InChI=1S/C25H35BrIN6O2/c1-25(2,3)22(33(29)14-19(28)16-7-8-16)24(35)32-15-27-13-21(32)23(34)30-10-12-31-11-9-17-18(26)5-4-6-20(17)31/h4-6,9,11,14,16,21-22H,7-8,10,12-13,15,28-29H2,1-3H3,(H,30,34)/q-1/b19-14-/t21-,22+/m0/s1. The minimum absolute atomic E-state index is 0.0857. The number of fused-ring (bicyclic) bond motifs is 1. The summed E-state index contributed by atoms with van der Waals surface area (Å²) in [6, 6.07) is 7.13. The van der Waals surface area contributed by atoms with Crippen molar-refractivity contribution in [3.63, 3.8) is 0 Å². The summed E-state index contributed by atoms with van der Waals surface area (Å²) in [6.07, 6.45) is 5.88. The Bertz CT molecular complexity index is 1120. The van der Waals surface area contributed by atoms with Crippen LogP contribution in [0.4, 0.5) is 0 Å². The maximum absolute atomic E-state index is 13.7. The fraction of sp³-hybridized carbons (Fsp3) is 0.520. The zero-order chi connectivity index (χ0) is 25.3. The summed E-state index contributed by atoms with van der Waals surface area (Å²) in [4.78, 5) is 28.6. The van der Waals surface area contributed by atoms with Crippen molar-refractivity contribution in [1.82, 2.24) is 19.8 Å². The number of halogens is 2. The Balaban J connectivity index is 1.41. The van der Waals surface area contributed by atoms with Crippen molar-refractivity contribution < 1.29 is 30.8 Å².